The Balaban J connectivity index is 1.38. The second kappa shape index (κ2) is 8.23. The van der Waals surface area contributed by atoms with E-state index in [4.69, 9.17) is 4.74 Å². The third-order valence-corrected chi connectivity index (χ3v) is 5.34. The van der Waals surface area contributed by atoms with Crippen molar-refractivity contribution in [1.82, 2.24) is 14.5 Å². The number of rotatable bonds is 5. The molecule has 0 amide bonds. The molecule has 2 aliphatic rings. The van der Waals surface area contributed by atoms with Gasteiger partial charge in [-0.15, -0.1) is 0 Å². The van der Waals surface area contributed by atoms with Gasteiger partial charge in [-0.3, -0.25) is 0 Å². The minimum atomic E-state index is -0.938. The van der Waals surface area contributed by atoms with E-state index < -0.39 is 11.6 Å². The zero-order chi connectivity index (χ0) is 22.1. The molecule has 6 heteroatoms. The van der Waals surface area contributed by atoms with E-state index in [1.54, 1.807) is 7.11 Å². The Labute approximate surface area is 184 Å². The fraction of sp³-hybridized carbons (Fsp3) is 0.0769. The molecular weight excluding hydrogens is 408 g/mol. The van der Waals surface area contributed by atoms with Crippen LogP contribution in [0.2, 0.25) is 0 Å². The van der Waals surface area contributed by atoms with Crippen LogP contribution in [-0.2, 0) is 6.54 Å². The van der Waals surface area contributed by atoms with Crippen LogP contribution in [0.4, 0.5) is 8.78 Å². The first-order valence-electron chi connectivity index (χ1n) is 10.1. The van der Waals surface area contributed by atoms with E-state index in [9.17, 15) is 8.78 Å². The molecule has 2 heterocycles. The molecule has 0 radical (unpaired) electrons. The van der Waals surface area contributed by atoms with Crippen LogP contribution in [0.5, 0.6) is 5.75 Å². The Hall–Kier alpha value is -4.06. The van der Waals surface area contributed by atoms with Crippen LogP contribution in [-0.4, -0.2) is 21.6 Å². The number of benzene rings is 3. The average molecular weight is 427 g/mol. The van der Waals surface area contributed by atoms with Crippen LogP contribution in [0, 0.1) is 11.6 Å². The SMILES string of the molecule is COc1cccc(-c2ccc(Cn3ccc4nc(-c5cccc(F)c5F)nc-4c3)cc2)c1. The number of methoxy groups -OCH3 is 1. The van der Waals surface area contributed by atoms with Crippen molar-refractivity contribution in [3.63, 3.8) is 0 Å². The number of halogens is 2. The van der Waals surface area contributed by atoms with Crippen LogP contribution in [0.3, 0.4) is 0 Å². The lowest BCUT2D eigenvalue weighted by Crippen LogP contribution is -2.00. The molecule has 5 rings (SSSR count). The van der Waals surface area contributed by atoms with E-state index in [-0.39, 0.29) is 11.4 Å². The van der Waals surface area contributed by atoms with Crippen LogP contribution >= 0.6 is 0 Å². The molecule has 0 atom stereocenters. The summed E-state index contributed by atoms with van der Waals surface area (Å²) in [6.45, 7) is 0.644. The Morgan fingerprint density at radius 2 is 1.62 bits per heavy atom. The first kappa shape index (κ1) is 19.9. The monoisotopic (exact) mass is 427 g/mol. The maximum atomic E-state index is 14.1. The van der Waals surface area contributed by atoms with E-state index in [0.29, 0.717) is 17.9 Å². The van der Waals surface area contributed by atoms with Crippen molar-refractivity contribution >= 4 is 0 Å². The zero-order valence-corrected chi connectivity index (χ0v) is 17.3. The normalized spacial score (nSPS) is 11.1. The summed E-state index contributed by atoms with van der Waals surface area (Å²) in [6.07, 6.45) is 3.76. The van der Waals surface area contributed by atoms with Gasteiger partial charge < -0.3 is 9.30 Å². The summed E-state index contributed by atoms with van der Waals surface area (Å²) in [6, 6.07) is 22.1. The van der Waals surface area contributed by atoms with E-state index in [1.165, 1.54) is 12.1 Å². The van der Waals surface area contributed by atoms with E-state index >= 15 is 0 Å². The number of fused-ring (bicyclic) bond motifs is 1. The van der Waals surface area contributed by atoms with E-state index in [2.05, 4.69) is 34.2 Å². The summed E-state index contributed by atoms with van der Waals surface area (Å²) < 4.78 is 35.0. The highest BCUT2D eigenvalue weighted by atomic mass is 19.2. The van der Waals surface area contributed by atoms with Gasteiger partial charge in [-0.2, -0.15) is 0 Å². The molecule has 32 heavy (non-hydrogen) atoms. The highest BCUT2D eigenvalue weighted by molar-refractivity contribution is 5.67. The molecule has 0 fully saturated rings. The molecular formula is C26H19F2N3O. The van der Waals surface area contributed by atoms with Gasteiger partial charge in [0.1, 0.15) is 11.4 Å². The van der Waals surface area contributed by atoms with Gasteiger partial charge >= 0.3 is 0 Å². The highest BCUT2D eigenvalue weighted by Crippen LogP contribution is 2.28. The second-order valence-corrected chi connectivity index (χ2v) is 7.47. The zero-order valence-electron chi connectivity index (χ0n) is 17.3. The number of pyridine rings is 1. The second-order valence-electron chi connectivity index (χ2n) is 7.47. The summed E-state index contributed by atoms with van der Waals surface area (Å²) in [7, 11) is 1.66. The summed E-state index contributed by atoms with van der Waals surface area (Å²) in [5.41, 5.74) is 4.64. The van der Waals surface area contributed by atoms with Gasteiger partial charge in [-0.05, 0) is 47.0 Å². The predicted octanol–water partition coefficient (Wildman–Crippen LogP) is 6.05. The lowest BCUT2D eigenvalue weighted by Gasteiger charge is -2.09. The molecule has 0 N–H and O–H groups in total. The third kappa shape index (κ3) is 3.83. The maximum Gasteiger partial charge on any atom is 0.169 e. The van der Waals surface area contributed by atoms with Gasteiger partial charge in [-0.25, -0.2) is 18.7 Å². The Kier molecular flexibility index (Phi) is 5.11. The molecule has 0 bridgehead atoms. The standard InChI is InChI=1S/C26H19F2N3O/c1-32-20-5-2-4-19(14-20)18-10-8-17(9-11-18)15-31-13-12-23-24(16-31)30-26(29-23)21-6-3-7-22(27)25(21)28/h2-14,16H,15H2,1H3. The number of nitrogens with zero attached hydrogens (tertiary/aromatic N) is 3. The number of imidazole rings is 1. The van der Waals surface area contributed by atoms with E-state index in [1.807, 2.05) is 47.3 Å². The average Bonchev–Trinajstić information content (AvgIpc) is 3.24. The Bertz CT molecular complexity index is 1360. The molecule has 0 aromatic heterocycles. The molecule has 0 unspecified atom stereocenters. The molecule has 3 aromatic rings. The van der Waals surface area contributed by atoms with Crippen LogP contribution in [0.25, 0.3) is 33.9 Å². The van der Waals surface area contributed by atoms with Crippen molar-refractivity contribution in [2.45, 2.75) is 6.54 Å². The lowest BCUT2D eigenvalue weighted by molar-refractivity contribution is 0.415. The Morgan fingerprint density at radius 3 is 2.44 bits per heavy atom. The van der Waals surface area contributed by atoms with Gasteiger partial charge in [0.2, 0.25) is 0 Å². The van der Waals surface area contributed by atoms with Gasteiger partial charge in [-0.1, -0.05) is 42.5 Å². The van der Waals surface area contributed by atoms with Crippen LogP contribution in [0.1, 0.15) is 5.56 Å². The minimum Gasteiger partial charge on any atom is -0.497 e. The van der Waals surface area contributed by atoms with Gasteiger partial charge in [0.05, 0.1) is 18.4 Å². The van der Waals surface area contributed by atoms with Crippen molar-refractivity contribution in [3.8, 4) is 39.7 Å². The predicted molar refractivity (Wildman–Crippen MR) is 120 cm³/mol. The lowest BCUT2D eigenvalue weighted by atomic mass is 10.0. The summed E-state index contributed by atoms with van der Waals surface area (Å²) >= 11 is 0. The number of hydrogen-bond donors (Lipinski definition) is 0. The molecule has 2 aliphatic heterocycles. The molecule has 3 aromatic carbocycles. The highest BCUT2D eigenvalue weighted by Gasteiger charge is 2.17. The van der Waals surface area contributed by atoms with Crippen molar-refractivity contribution in [2.75, 3.05) is 7.11 Å². The minimum absolute atomic E-state index is 0.0564. The number of ether oxygens (including phenoxy) is 1. The van der Waals surface area contributed by atoms with Crippen LogP contribution in [0.15, 0.2) is 85.2 Å². The molecule has 0 spiro atoms. The van der Waals surface area contributed by atoms with Gasteiger partial charge in [0.25, 0.3) is 0 Å². The Morgan fingerprint density at radius 1 is 0.844 bits per heavy atom. The first-order chi connectivity index (χ1) is 15.6. The third-order valence-electron chi connectivity index (χ3n) is 5.34. The van der Waals surface area contributed by atoms with Gasteiger partial charge in [0, 0.05) is 18.9 Å². The summed E-state index contributed by atoms with van der Waals surface area (Å²) in [5, 5.41) is 0. The largest absolute Gasteiger partial charge is 0.497 e. The molecule has 158 valence electrons. The van der Waals surface area contributed by atoms with Crippen molar-refractivity contribution < 1.29 is 13.5 Å². The maximum absolute atomic E-state index is 14.1. The molecule has 0 saturated heterocycles. The summed E-state index contributed by atoms with van der Waals surface area (Å²) in [5.74, 6) is -0.850. The summed E-state index contributed by atoms with van der Waals surface area (Å²) in [4.78, 5) is 8.76. The number of hydrogen-bond acceptors (Lipinski definition) is 3. The van der Waals surface area contributed by atoms with Crippen molar-refractivity contribution in [1.29, 1.82) is 0 Å². The van der Waals surface area contributed by atoms with Crippen molar-refractivity contribution in [3.05, 3.63) is 102 Å². The fourth-order valence-corrected chi connectivity index (χ4v) is 3.66. The van der Waals surface area contributed by atoms with Gasteiger partial charge in [0.15, 0.2) is 17.5 Å². The molecule has 0 saturated carbocycles. The molecule has 0 aliphatic carbocycles. The fourth-order valence-electron chi connectivity index (χ4n) is 3.66. The topological polar surface area (TPSA) is 39.9 Å². The van der Waals surface area contributed by atoms with Crippen molar-refractivity contribution in [2.24, 2.45) is 0 Å². The molecule has 4 nitrogen and oxygen atoms in total. The number of aromatic nitrogens is 3. The smallest absolute Gasteiger partial charge is 0.169 e. The first-order valence-corrected chi connectivity index (χ1v) is 10.1. The van der Waals surface area contributed by atoms with Crippen LogP contribution < -0.4 is 4.74 Å². The quantitative estimate of drug-likeness (QED) is 0.343. The van der Waals surface area contributed by atoms with E-state index in [0.717, 1.165) is 28.5 Å².